The molecule has 0 aromatic rings. The van der Waals surface area contributed by atoms with E-state index in [4.69, 9.17) is 0 Å². The van der Waals surface area contributed by atoms with E-state index in [0.717, 1.165) is 32.1 Å². The Kier molecular flexibility index (Phi) is 3.96. The van der Waals surface area contributed by atoms with Gasteiger partial charge in [-0.3, -0.25) is 0 Å². The van der Waals surface area contributed by atoms with E-state index in [9.17, 15) is 10.2 Å². The maximum Gasteiger partial charge on any atom is 0.0908 e. The lowest BCUT2D eigenvalue weighted by molar-refractivity contribution is -0.122. The zero-order valence-corrected chi connectivity index (χ0v) is 9.66. The van der Waals surface area contributed by atoms with Gasteiger partial charge in [0.2, 0.25) is 0 Å². The molecule has 0 saturated heterocycles. The van der Waals surface area contributed by atoms with Gasteiger partial charge < -0.3 is 10.2 Å². The first-order valence-corrected chi connectivity index (χ1v) is 5.90. The third kappa shape index (κ3) is 2.48. The Labute approximate surface area is 87.3 Å². The molecule has 0 bridgehead atoms. The highest BCUT2D eigenvalue weighted by atomic mass is 16.3. The molecule has 0 aromatic heterocycles. The van der Waals surface area contributed by atoms with E-state index in [1.54, 1.807) is 0 Å². The molecule has 1 saturated carbocycles. The van der Waals surface area contributed by atoms with Crippen LogP contribution in [0.2, 0.25) is 0 Å². The van der Waals surface area contributed by atoms with Crippen molar-refractivity contribution in [3.63, 3.8) is 0 Å². The number of hydrogen-bond acceptors (Lipinski definition) is 2. The second-order valence-electron chi connectivity index (χ2n) is 5.12. The molecule has 0 radical (unpaired) electrons. The average molecular weight is 200 g/mol. The summed E-state index contributed by atoms with van der Waals surface area (Å²) in [4.78, 5) is 0. The van der Waals surface area contributed by atoms with Crippen LogP contribution < -0.4 is 0 Å². The van der Waals surface area contributed by atoms with Crippen molar-refractivity contribution in [2.24, 2.45) is 11.8 Å². The molecule has 1 aliphatic rings. The van der Waals surface area contributed by atoms with Crippen molar-refractivity contribution < 1.29 is 10.2 Å². The van der Waals surface area contributed by atoms with Crippen LogP contribution >= 0.6 is 0 Å². The molecule has 14 heavy (non-hydrogen) atoms. The molecular weight excluding hydrogens is 176 g/mol. The van der Waals surface area contributed by atoms with E-state index < -0.39 is 11.7 Å². The Morgan fingerprint density at radius 1 is 1.36 bits per heavy atom. The minimum atomic E-state index is -0.804. The van der Waals surface area contributed by atoms with Crippen LogP contribution in [0.4, 0.5) is 0 Å². The van der Waals surface area contributed by atoms with Gasteiger partial charge in [0.1, 0.15) is 0 Å². The van der Waals surface area contributed by atoms with Gasteiger partial charge in [0, 0.05) is 0 Å². The summed E-state index contributed by atoms with van der Waals surface area (Å²) in [6.07, 6.45) is 4.01. The molecule has 0 aromatic carbocycles. The monoisotopic (exact) mass is 200 g/mol. The summed E-state index contributed by atoms with van der Waals surface area (Å²) in [6, 6.07) is 0. The second kappa shape index (κ2) is 4.63. The predicted octanol–water partition coefficient (Wildman–Crippen LogP) is 2.33. The van der Waals surface area contributed by atoms with Crippen LogP contribution in [0.3, 0.4) is 0 Å². The van der Waals surface area contributed by atoms with Crippen LogP contribution in [-0.2, 0) is 0 Å². The van der Waals surface area contributed by atoms with E-state index in [1.165, 1.54) is 0 Å². The van der Waals surface area contributed by atoms with Crippen molar-refractivity contribution in [1.29, 1.82) is 0 Å². The van der Waals surface area contributed by atoms with Crippen molar-refractivity contribution in [1.82, 2.24) is 0 Å². The van der Waals surface area contributed by atoms with Gasteiger partial charge in [-0.2, -0.15) is 0 Å². The largest absolute Gasteiger partial charge is 0.390 e. The molecule has 2 unspecified atom stereocenters. The standard InChI is InChI=1S/C12H24O2/c1-4-10(3)11(13)12(14)7-5-9(2)6-8-12/h9-11,13-14H,4-8H2,1-3H3. The molecular formula is C12H24O2. The fourth-order valence-corrected chi connectivity index (χ4v) is 2.31. The summed E-state index contributed by atoms with van der Waals surface area (Å²) in [5.74, 6) is 0.910. The van der Waals surface area contributed by atoms with Crippen LogP contribution in [0.1, 0.15) is 52.9 Å². The fourth-order valence-electron chi connectivity index (χ4n) is 2.31. The predicted molar refractivity (Wildman–Crippen MR) is 58.0 cm³/mol. The molecule has 1 aliphatic carbocycles. The Morgan fingerprint density at radius 2 is 1.86 bits per heavy atom. The van der Waals surface area contributed by atoms with Crippen LogP contribution in [0.25, 0.3) is 0 Å². The molecule has 2 atom stereocenters. The normalized spacial score (nSPS) is 37.9. The van der Waals surface area contributed by atoms with Crippen LogP contribution in [0, 0.1) is 11.8 Å². The summed E-state index contributed by atoms with van der Waals surface area (Å²) in [6.45, 7) is 6.29. The molecule has 1 fully saturated rings. The molecule has 2 heteroatoms. The lowest BCUT2D eigenvalue weighted by Gasteiger charge is -2.40. The van der Waals surface area contributed by atoms with Gasteiger partial charge in [0.15, 0.2) is 0 Å². The van der Waals surface area contributed by atoms with Gasteiger partial charge in [0.25, 0.3) is 0 Å². The van der Waals surface area contributed by atoms with Gasteiger partial charge >= 0.3 is 0 Å². The maximum atomic E-state index is 10.3. The number of rotatable bonds is 3. The molecule has 2 nitrogen and oxygen atoms in total. The first kappa shape index (κ1) is 12.0. The van der Waals surface area contributed by atoms with Gasteiger partial charge in [-0.1, -0.05) is 27.2 Å². The van der Waals surface area contributed by atoms with Crippen molar-refractivity contribution in [2.45, 2.75) is 64.6 Å². The summed E-state index contributed by atoms with van der Waals surface area (Å²) < 4.78 is 0. The highest BCUT2D eigenvalue weighted by molar-refractivity contribution is 4.92. The van der Waals surface area contributed by atoms with Crippen LogP contribution in [-0.4, -0.2) is 21.9 Å². The highest BCUT2D eigenvalue weighted by Crippen LogP contribution is 2.36. The van der Waals surface area contributed by atoms with E-state index in [2.05, 4.69) is 13.8 Å². The second-order valence-corrected chi connectivity index (χ2v) is 5.12. The third-order valence-corrected chi connectivity index (χ3v) is 3.87. The summed E-state index contributed by atoms with van der Waals surface area (Å²) >= 11 is 0. The topological polar surface area (TPSA) is 40.5 Å². The van der Waals surface area contributed by atoms with Gasteiger partial charge in [-0.05, 0) is 37.5 Å². The SMILES string of the molecule is CCC(C)C(O)C1(O)CCC(C)CC1. The first-order valence-electron chi connectivity index (χ1n) is 5.90. The van der Waals surface area contributed by atoms with Crippen molar-refractivity contribution in [2.75, 3.05) is 0 Å². The number of aliphatic hydroxyl groups excluding tert-OH is 1. The van der Waals surface area contributed by atoms with Gasteiger partial charge in [-0.15, -0.1) is 0 Å². The zero-order chi connectivity index (χ0) is 10.8. The third-order valence-electron chi connectivity index (χ3n) is 3.87. The zero-order valence-electron chi connectivity index (χ0n) is 9.66. The minimum Gasteiger partial charge on any atom is -0.390 e. The summed E-state index contributed by atoms with van der Waals surface area (Å²) in [5.41, 5.74) is -0.804. The van der Waals surface area contributed by atoms with E-state index in [1.807, 2.05) is 6.92 Å². The van der Waals surface area contributed by atoms with E-state index >= 15 is 0 Å². The van der Waals surface area contributed by atoms with Gasteiger partial charge in [-0.25, -0.2) is 0 Å². The molecule has 0 aliphatic heterocycles. The minimum absolute atomic E-state index is 0.202. The van der Waals surface area contributed by atoms with E-state index in [0.29, 0.717) is 5.92 Å². The van der Waals surface area contributed by atoms with Crippen LogP contribution in [0.5, 0.6) is 0 Å². The highest BCUT2D eigenvalue weighted by Gasteiger charge is 2.40. The maximum absolute atomic E-state index is 10.3. The van der Waals surface area contributed by atoms with Crippen molar-refractivity contribution in [3.8, 4) is 0 Å². The van der Waals surface area contributed by atoms with E-state index in [-0.39, 0.29) is 5.92 Å². The van der Waals surface area contributed by atoms with Crippen LogP contribution in [0.15, 0.2) is 0 Å². The molecule has 0 spiro atoms. The van der Waals surface area contributed by atoms with Gasteiger partial charge in [0.05, 0.1) is 11.7 Å². The Balaban J connectivity index is 2.56. The summed E-state index contributed by atoms with van der Waals surface area (Å²) in [7, 11) is 0. The molecule has 2 N–H and O–H groups in total. The molecule has 1 rings (SSSR count). The average Bonchev–Trinajstić information content (AvgIpc) is 2.20. The lowest BCUT2D eigenvalue weighted by Crippen LogP contribution is -2.48. The Bertz CT molecular complexity index is 171. The Hall–Kier alpha value is -0.0800. The smallest absolute Gasteiger partial charge is 0.0908 e. The molecule has 84 valence electrons. The molecule has 0 amide bonds. The van der Waals surface area contributed by atoms with Crippen molar-refractivity contribution in [3.05, 3.63) is 0 Å². The lowest BCUT2D eigenvalue weighted by atomic mass is 9.73. The number of aliphatic hydroxyl groups is 2. The fraction of sp³-hybridized carbons (Fsp3) is 1.00. The Morgan fingerprint density at radius 3 is 2.29 bits per heavy atom. The first-order chi connectivity index (χ1) is 6.49. The molecule has 0 heterocycles. The van der Waals surface area contributed by atoms with Crippen molar-refractivity contribution >= 4 is 0 Å². The summed E-state index contributed by atoms with van der Waals surface area (Å²) in [5, 5.41) is 20.3. The quantitative estimate of drug-likeness (QED) is 0.734. The number of hydrogen-bond donors (Lipinski definition) is 2.